The van der Waals surface area contributed by atoms with Crippen LogP contribution in [0.25, 0.3) is 0 Å². The summed E-state index contributed by atoms with van der Waals surface area (Å²) in [5, 5.41) is 7.30. The lowest BCUT2D eigenvalue weighted by Gasteiger charge is -2.39. The van der Waals surface area contributed by atoms with Gasteiger partial charge in [-0.15, -0.1) is 0 Å². The minimum atomic E-state index is -0.378. The minimum Gasteiger partial charge on any atom is -0.362 e. The highest BCUT2D eigenvalue weighted by Gasteiger charge is 2.45. The zero-order valence-electron chi connectivity index (χ0n) is 17.5. The quantitative estimate of drug-likeness (QED) is 0.789. The van der Waals surface area contributed by atoms with Gasteiger partial charge in [0.2, 0.25) is 11.8 Å². The number of carbonyl (C=O) groups excluding carboxylic acids is 2. The molecule has 1 aromatic heterocycles. The summed E-state index contributed by atoms with van der Waals surface area (Å²) in [6, 6.07) is 12.0. The molecule has 2 aliphatic heterocycles. The van der Waals surface area contributed by atoms with Crippen molar-refractivity contribution in [3.05, 3.63) is 53.9 Å². The van der Waals surface area contributed by atoms with Crippen LogP contribution < -0.4 is 5.32 Å². The van der Waals surface area contributed by atoms with E-state index in [2.05, 4.69) is 22.5 Å². The molecular formula is C23H30N4O3. The van der Waals surface area contributed by atoms with Gasteiger partial charge in [-0.3, -0.25) is 14.3 Å². The van der Waals surface area contributed by atoms with Crippen molar-refractivity contribution in [3.63, 3.8) is 0 Å². The van der Waals surface area contributed by atoms with Crippen molar-refractivity contribution in [2.75, 3.05) is 19.6 Å². The van der Waals surface area contributed by atoms with Gasteiger partial charge in [-0.05, 0) is 43.7 Å². The predicted molar refractivity (Wildman–Crippen MR) is 113 cm³/mol. The molecule has 0 unspecified atom stereocenters. The lowest BCUT2D eigenvalue weighted by atomic mass is 9.88. The molecule has 1 N–H and O–H groups in total. The first-order valence-corrected chi connectivity index (χ1v) is 10.8. The molecule has 2 aromatic rings. The number of hydrogen-bond acceptors (Lipinski definition) is 4. The number of nitrogens with one attached hydrogen (secondary N) is 1. The molecule has 7 nitrogen and oxygen atoms in total. The highest BCUT2D eigenvalue weighted by Crippen LogP contribution is 2.39. The predicted octanol–water partition coefficient (Wildman–Crippen LogP) is 1.86. The third-order valence-corrected chi connectivity index (χ3v) is 6.23. The molecule has 2 fully saturated rings. The Morgan fingerprint density at radius 2 is 1.93 bits per heavy atom. The first-order valence-electron chi connectivity index (χ1n) is 10.8. The van der Waals surface area contributed by atoms with Crippen molar-refractivity contribution < 1.29 is 14.3 Å². The molecule has 1 spiro atoms. The van der Waals surface area contributed by atoms with Crippen LogP contribution in [0.4, 0.5) is 0 Å². The highest BCUT2D eigenvalue weighted by molar-refractivity contribution is 5.81. The van der Waals surface area contributed by atoms with E-state index in [9.17, 15) is 9.59 Å². The Hall–Kier alpha value is -2.67. The molecule has 2 amide bonds. The molecule has 3 heterocycles. The van der Waals surface area contributed by atoms with Crippen LogP contribution in [0.2, 0.25) is 0 Å². The van der Waals surface area contributed by atoms with Gasteiger partial charge in [0.25, 0.3) is 0 Å². The fourth-order valence-corrected chi connectivity index (χ4v) is 4.44. The van der Waals surface area contributed by atoms with Crippen LogP contribution in [0, 0.1) is 0 Å². The molecule has 1 aromatic carbocycles. The first kappa shape index (κ1) is 20.6. The van der Waals surface area contributed by atoms with Crippen molar-refractivity contribution in [2.24, 2.45) is 7.05 Å². The SMILES string of the molecule is Cn1ccc(CC(=O)N2CCC3(CC[C@@H](C(=O)NCCc4ccccc4)O3)CC2)n1. The van der Waals surface area contributed by atoms with E-state index < -0.39 is 0 Å². The van der Waals surface area contributed by atoms with Gasteiger partial charge < -0.3 is 15.0 Å². The lowest BCUT2D eigenvalue weighted by molar-refractivity contribution is -0.145. The van der Waals surface area contributed by atoms with E-state index in [4.69, 9.17) is 4.74 Å². The maximum atomic E-state index is 12.6. The number of rotatable bonds is 6. The van der Waals surface area contributed by atoms with Crippen LogP contribution in [-0.2, 0) is 34.2 Å². The number of hydrogen-bond donors (Lipinski definition) is 1. The zero-order chi connectivity index (χ0) is 21.0. The molecule has 4 rings (SSSR count). The number of aromatic nitrogens is 2. The standard InChI is InChI=1S/C23H30N4O3/c1-26-14-9-19(25-26)17-21(28)27-15-11-23(12-16-27)10-7-20(30-23)22(29)24-13-8-18-5-3-2-4-6-18/h2-6,9,14,20H,7-8,10-13,15-17H2,1H3,(H,24,29)/t20-/m0/s1. The number of ether oxygens (including phenoxy) is 1. The maximum absolute atomic E-state index is 12.6. The average molecular weight is 411 g/mol. The van der Waals surface area contributed by atoms with E-state index in [0.717, 1.165) is 37.8 Å². The molecule has 2 saturated heterocycles. The Bertz CT molecular complexity index is 872. The summed E-state index contributed by atoms with van der Waals surface area (Å²) in [5.41, 5.74) is 1.75. The summed E-state index contributed by atoms with van der Waals surface area (Å²) in [7, 11) is 1.85. The number of piperidine rings is 1. The number of nitrogens with zero attached hydrogens (tertiary/aromatic N) is 3. The van der Waals surface area contributed by atoms with Gasteiger partial charge in [0.05, 0.1) is 17.7 Å². The fourth-order valence-electron chi connectivity index (χ4n) is 4.44. The number of carbonyl (C=O) groups is 2. The molecule has 160 valence electrons. The zero-order valence-corrected chi connectivity index (χ0v) is 17.5. The summed E-state index contributed by atoms with van der Waals surface area (Å²) in [4.78, 5) is 27.0. The molecule has 30 heavy (non-hydrogen) atoms. The van der Waals surface area contributed by atoms with E-state index in [-0.39, 0.29) is 23.5 Å². The van der Waals surface area contributed by atoms with Crippen LogP contribution in [0.15, 0.2) is 42.6 Å². The van der Waals surface area contributed by atoms with Gasteiger partial charge >= 0.3 is 0 Å². The van der Waals surface area contributed by atoms with E-state index >= 15 is 0 Å². The van der Waals surface area contributed by atoms with Crippen LogP contribution in [-0.4, -0.2) is 57.8 Å². The van der Waals surface area contributed by atoms with E-state index in [1.807, 2.05) is 42.4 Å². The van der Waals surface area contributed by atoms with Crippen LogP contribution >= 0.6 is 0 Å². The number of benzene rings is 1. The minimum absolute atomic E-state index is 0.0172. The van der Waals surface area contributed by atoms with Crippen LogP contribution in [0.5, 0.6) is 0 Å². The summed E-state index contributed by atoms with van der Waals surface area (Å²) in [5.74, 6) is 0.0909. The Kier molecular flexibility index (Phi) is 6.18. The molecule has 0 saturated carbocycles. The number of aryl methyl sites for hydroxylation is 1. The summed E-state index contributed by atoms with van der Waals surface area (Å²) in [6.45, 7) is 1.97. The largest absolute Gasteiger partial charge is 0.362 e. The van der Waals surface area contributed by atoms with Gasteiger partial charge in [0.1, 0.15) is 6.10 Å². The average Bonchev–Trinajstić information content (AvgIpc) is 3.35. The Labute approximate surface area is 177 Å². The second-order valence-corrected chi connectivity index (χ2v) is 8.39. The summed E-state index contributed by atoms with van der Waals surface area (Å²) in [6.07, 6.45) is 5.83. The van der Waals surface area contributed by atoms with E-state index in [1.165, 1.54) is 5.56 Å². The monoisotopic (exact) mass is 410 g/mol. The number of amides is 2. The van der Waals surface area contributed by atoms with E-state index in [0.29, 0.717) is 26.1 Å². The van der Waals surface area contributed by atoms with Gasteiger partial charge in [-0.25, -0.2) is 0 Å². The third-order valence-electron chi connectivity index (χ3n) is 6.23. The normalized spacial score (nSPS) is 20.4. The fraction of sp³-hybridized carbons (Fsp3) is 0.522. The molecule has 7 heteroatoms. The van der Waals surface area contributed by atoms with E-state index in [1.54, 1.807) is 4.68 Å². The molecule has 1 atom stereocenters. The topological polar surface area (TPSA) is 76.5 Å². The first-order chi connectivity index (χ1) is 14.5. The van der Waals surface area contributed by atoms with Crippen molar-refractivity contribution in [3.8, 4) is 0 Å². The van der Waals surface area contributed by atoms with Gasteiger partial charge in [0.15, 0.2) is 0 Å². The second-order valence-electron chi connectivity index (χ2n) is 8.39. The highest BCUT2D eigenvalue weighted by atomic mass is 16.5. The molecule has 0 bridgehead atoms. The molecule has 0 aliphatic carbocycles. The van der Waals surface area contributed by atoms with Crippen LogP contribution in [0.3, 0.4) is 0 Å². The van der Waals surface area contributed by atoms with Crippen LogP contribution in [0.1, 0.15) is 36.9 Å². The molecule has 2 aliphatic rings. The van der Waals surface area contributed by atoms with Crippen molar-refractivity contribution >= 4 is 11.8 Å². The summed E-state index contributed by atoms with van der Waals surface area (Å²) < 4.78 is 7.95. The lowest BCUT2D eigenvalue weighted by Crippen LogP contribution is -2.48. The Balaban J connectivity index is 1.21. The van der Waals surface area contributed by atoms with Crippen molar-refractivity contribution in [2.45, 2.75) is 50.2 Å². The Morgan fingerprint density at radius 3 is 2.63 bits per heavy atom. The third kappa shape index (κ3) is 4.90. The van der Waals surface area contributed by atoms with Gasteiger partial charge in [-0.2, -0.15) is 5.10 Å². The Morgan fingerprint density at radius 1 is 1.17 bits per heavy atom. The van der Waals surface area contributed by atoms with Gasteiger partial charge in [0, 0.05) is 32.9 Å². The molecule has 0 radical (unpaired) electrons. The molecular weight excluding hydrogens is 380 g/mol. The summed E-state index contributed by atoms with van der Waals surface area (Å²) >= 11 is 0. The van der Waals surface area contributed by atoms with Crippen molar-refractivity contribution in [1.29, 1.82) is 0 Å². The number of likely N-dealkylation sites (tertiary alicyclic amines) is 1. The maximum Gasteiger partial charge on any atom is 0.249 e. The van der Waals surface area contributed by atoms with Crippen molar-refractivity contribution in [1.82, 2.24) is 20.0 Å². The second kappa shape index (κ2) is 9.00. The smallest absolute Gasteiger partial charge is 0.249 e. The van der Waals surface area contributed by atoms with Gasteiger partial charge in [-0.1, -0.05) is 30.3 Å².